The van der Waals surface area contributed by atoms with Crippen LogP contribution in [0.5, 0.6) is 0 Å². The first kappa shape index (κ1) is 28.2. The Morgan fingerprint density at radius 3 is 2.72 bits per heavy atom. The van der Waals surface area contributed by atoms with E-state index in [2.05, 4.69) is 20.4 Å². The Morgan fingerprint density at radius 1 is 1.33 bits per heavy atom. The summed E-state index contributed by atoms with van der Waals surface area (Å²) in [7, 11) is 1.68. The fourth-order valence-corrected chi connectivity index (χ4v) is 7.19. The summed E-state index contributed by atoms with van der Waals surface area (Å²) in [6.07, 6.45) is 0. The van der Waals surface area contributed by atoms with E-state index in [1.165, 1.54) is 28.1 Å². The van der Waals surface area contributed by atoms with Crippen molar-refractivity contribution in [1.29, 1.82) is 0 Å². The summed E-state index contributed by atoms with van der Waals surface area (Å²) in [4.78, 5) is 63.4. The van der Waals surface area contributed by atoms with Crippen molar-refractivity contribution in [3.63, 3.8) is 0 Å². The number of β-lactam (4-membered cyclic amide) rings is 1. The van der Waals surface area contributed by atoms with Crippen LogP contribution in [0.4, 0.5) is 16.8 Å². The highest BCUT2D eigenvalue weighted by atomic mass is 32.2. The number of rotatable bonds is 10. The molecule has 2 aliphatic rings. The second-order valence-corrected chi connectivity index (χ2v) is 11.6. The van der Waals surface area contributed by atoms with Crippen LogP contribution in [-0.2, 0) is 31.1 Å². The van der Waals surface area contributed by atoms with Gasteiger partial charge in [0.05, 0.1) is 13.1 Å². The number of thioether (sulfide) groups is 2. The normalized spacial score (nSPS) is 22.5. The van der Waals surface area contributed by atoms with E-state index in [4.69, 9.17) is 27.1 Å². The molecule has 0 aliphatic carbocycles. The largest absolute Gasteiger partial charge is 0.481 e. The van der Waals surface area contributed by atoms with E-state index < -0.39 is 47.2 Å². The summed E-state index contributed by atoms with van der Waals surface area (Å²) >= 11 is 3.42. The summed E-state index contributed by atoms with van der Waals surface area (Å²) < 4.78 is 1.59. The van der Waals surface area contributed by atoms with Gasteiger partial charge >= 0.3 is 17.1 Å². The number of amides is 2. The van der Waals surface area contributed by atoms with Crippen molar-refractivity contribution in [3.05, 3.63) is 17.1 Å². The Bertz CT molecular complexity index is 1370. The number of fused-ring (bicyclic) bond motifs is 1. The zero-order valence-electron chi connectivity index (χ0n) is 20.3. The molecule has 0 radical (unpaired) electrons. The van der Waals surface area contributed by atoms with Crippen molar-refractivity contribution in [2.45, 2.75) is 16.6 Å². The highest BCUT2D eigenvalue weighted by Crippen LogP contribution is 2.44. The Morgan fingerprint density at radius 2 is 2.08 bits per heavy atom. The lowest BCUT2D eigenvalue weighted by Crippen LogP contribution is -2.74. The van der Waals surface area contributed by atoms with Gasteiger partial charge in [-0.1, -0.05) is 21.9 Å². The molecule has 208 valence electrons. The van der Waals surface area contributed by atoms with E-state index in [1.54, 1.807) is 11.6 Å². The minimum Gasteiger partial charge on any atom is -0.481 e. The third-order valence-corrected chi connectivity index (χ3v) is 9.46. The molecule has 4 rings (SSSR count). The van der Waals surface area contributed by atoms with E-state index in [1.807, 2.05) is 0 Å². The molecule has 9 N–H and O–H groups in total. The number of nitrogens with one attached hydrogen (secondary N) is 1. The van der Waals surface area contributed by atoms with Crippen LogP contribution in [0.3, 0.4) is 0 Å². The van der Waals surface area contributed by atoms with E-state index in [-0.39, 0.29) is 40.4 Å². The van der Waals surface area contributed by atoms with Gasteiger partial charge in [0.15, 0.2) is 10.8 Å². The third kappa shape index (κ3) is 5.78. The summed E-state index contributed by atoms with van der Waals surface area (Å²) in [5.74, 6) is -2.87. The average Bonchev–Trinajstić information content (AvgIpc) is 3.31. The maximum atomic E-state index is 13.0. The molecular formula is C20H24N9O7S3+. The summed E-state index contributed by atoms with van der Waals surface area (Å²) in [5.41, 5.74) is 15.7. The smallest absolute Gasteiger partial charge is 0.344 e. The molecule has 2 aromatic rings. The molecular weight excluding hydrogens is 574 g/mol. The van der Waals surface area contributed by atoms with Crippen molar-refractivity contribution in [2.75, 3.05) is 41.9 Å². The monoisotopic (exact) mass is 598 g/mol. The molecule has 0 saturated carbocycles. The van der Waals surface area contributed by atoms with Crippen LogP contribution in [0.25, 0.3) is 0 Å². The minimum absolute atomic E-state index is 0.0474. The highest BCUT2D eigenvalue weighted by Gasteiger charge is 2.57. The number of carbonyl (C=O) groups excluding carboxylic acids is 2. The second kappa shape index (κ2) is 11.1. The molecule has 0 spiro atoms. The molecule has 16 nitrogen and oxygen atoms in total. The number of nitrogen functional groups attached to an aromatic ring is 3. The van der Waals surface area contributed by atoms with Crippen LogP contribution in [0.15, 0.2) is 21.8 Å². The molecule has 2 amide bonds. The number of nitrogens with two attached hydrogens (primary N) is 3. The van der Waals surface area contributed by atoms with E-state index in [9.17, 15) is 24.3 Å². The first-order chi connectivity index (χ1) is 18.4. The highest BCUT2D eigenvalue weighted by molar-refractivity contribution is 8.00. The molecule has 2 aliphatic heterocycles. The van der Waals surface area contributed by atoms with Crippen molar-refractivity contribution in [3.8, 4) is 0 Å². The molecule has 19 heteroatoms. The molecule has 2 fully saturated rings. The molecule has 2 unspecified atom stereocenters. The van der Waals surface area contributed by atoms with Gasteiger partial charge in [-0.25, -0.2) is 14.3 Å². The number of aliphatic carboxylic acids is 2. The fraction of sp³-hybridized carbons (Fsp3) is 0.400. The van der Waals surface area contributed by atoms with Gasteiger partial charge in [-0.15, -0.1) is 23.1 Å². The van der Waals surface area contributed by atoms with Gasteiger partial charge in [0.2, 0.25) is 24.1 Å². The number of carbonyl (C=O) groups is 4. The molecule has 4 heterocycles. The first-order valence-electron chi connectivity index (χ1n) is 11.1. The topological polar surface area (TPSA) is 253 Å². The maximum Gasteiger partial charge on any atom is 0.344 e. The van der Waals surface area contributed by atoms with Crippen molar-refractivity contribution in [1.82, 2.24) is 20.2 Å². The van der Waals surface area contributed by atoms with E-state index >= 15 is 0 Å². The maximum absolute atomic E-state index is 13.0. The summed E-state index contributed by atoms with van der Waals surface area (Å²) in [5, 5.41) is 26.5. The Balaban J connectivity index is 1.45. The van der Waals surface area contributed by atoms with Crippen LogP contribution in [0, 0.1) is 5.41 Å². The molecule has 39 heavy (non-hydrogen) atoms. The SMILES string of the molecule is C[n+]1c(N)cc(N)nc1SCC1(C(=O)O)CS[C@@H]2C(NC(=O)C(=NOCC(=O)O)c3csc(N)n3)C(=O)N2C1. The number of hydrogen-bond acceptors (Lipinski definition) is 14. The number of carboxylic acid groups (broad SMARTS) is 2. The number of hydrogen-bond donors (Lipinski definition) is 6. The number of oxime groups is 1. The van der Waals surface area contributed by atoms with Gasteiger partial charge in [-0.2, -0.15) is 0 Å². The quantitative estimate of drug-likeness (QED) is 0.0440. The first-order valence-corrected chi connectivity index (χ1v) is 14.0. The van der Waals surface area contributed by atoms with Gasteiger partial charge in [-0.05, 0) is 0 Å². The predicted octanol–water partition coefficient (Wildman–Crippen LogP) is -1.82. The average molecular weight is 599 g/mol. The fourth-order valence-electron chi connectivity index (χ4n) is 3.78. The summed E-state index contributed by atoms with van der Waals surface area (Å²) in [6, 6.07) is 0.527. The van der Waals surface area contributed by atoms with Crippen LogP contribution < -0.4 is 27.1 Å². The summed E-state index contributed by atoms with van der Waals surface area (Å²) in [6.45, 7) is -0.874. The van der Waals surface area contributed by atoms with Crippen LogP contribution in [0.1, 0.15) is 5.69 Å². The number of nitrogens with zero attached hydrogens (tertiary/aromatic N) is 5. The van der Waals surface area contributed by atoms with Gasteiger partial charge in [-0.3, -0.25) is 14.4 Å². The minimum atomic E-state index is -1.30. The molecule has 2 saturated heterocycles. The van der Waals surface area contributed by atoms with Gasteiger partial charge in [0.1, 0.15) is 22.5 Å². The number of aromatic nitrogens is 3. The lowest BCUT2D eigenvalue weighted by Gasteiger charge is -2.53. The predicted molar refractivity (Wildman–Crippen MR) is 142 cm³/mol. The van der Waals surface area contributed by atoms with Crippen molar-refractivity contribution < 1.29 is 38.8 Å². The van der Waals surface area contributed by atoms with Gasteiger partial charge in [0, 0.05) is 23.4 Å². The lowest BCUT2D eigenvalue weighted by atomic mass is 9.89. The van der Waals surface area contributed by atoms with E-state index in [0.717, 1.165) is 23.1 Å². The van der Waals surface area contributed by atoms with E-state index in [0.29, 0.717) is 11.0 Å². The molecule has 0 bridgehead atoms. The molecule has 3 atom stereocenters. The van der Waals surface area contributed by atoms with Crippen LogP contribution in [0.2, 0.25) is 0 Å². The van der Waals surface area contributed by atoms with Crippen LogP contribution >= 0.6 is 34.9 Å². The standard InChI is InChI=1S/C20H23N9O7S3/c1-28-10(22)2-9(21)25-19(28)39-7-20(17(34)35)5-29-15(33)13(16(29)38-6-20)26-14(32)12(27-36-3-11(30)31)8-4-37-18(23)24-8/h2,4,13,16H,3,5-7H2,1H3,(H8,21,22,23,24,26,30,31,32,34,35)/p+1/t13?,16-,20?/m1/s1. The van der Waals surface area contributed by atoms with Gasteiger partial charge < -0.3 is 42.5 Å². The Hall–Kier alpha value is -3.84. The zero-order chi connectivity index (χ0) is 28.5. The van der Waals surface area contributed by atoms with Crippen molar-refractivity contribution >= 4 is 81.1 Å². The Kier molecular flexibility index (Phi) is 8.02. The Labute approximate surface area is 233 Å². The molecule has 2 aromatic heterocycles. The van der Waals surface area contributed by atoms with Crippen LogP contribution in [-0.4, -0.2) is 90.6 Å². The lowest BCUT2D eigenvalue weighted by molar-refractivity contribution is -0.698. The molecule has 0 aromatic carbocycles. The number of anilines is 3. The number of thiazole rings is 1. The zero-order valence-corrected chi connectivity index (χ0v) is 22.7. The number of carboxylic acids is 2. The third-order valence-electron chi connectivity index (χ3n) is 5.88. The van der Waals surface area contributed by atoms with Crippen molar-refractivity contribution in [2.24, 2.45) is 17.6 Å². The second-order valence-electron chi connectivity index (χ2n) is 8.62. The van der Waals surface area contributed by atoms with Gasteiger partial charge in [0.25, 0.3) is 5.91 Å².